The molecule has 2 aromatic carbocycles. The highest BCUT2D eigenvalue weighted by Crippen LogP contribution is 2.23. The van der Waals surface area contributed by atoms with Gasteiger partial charge >= 0.3 is 0 Å². The Morgan fingerprint density at radius 2 is 1.44 bits per heavy atom. The maximum atomic E-state index is 13.6. The van der Waals surface area contributed by atoms with Gasteiger partial charge in [0, 0.05) is 5.56 Å². The molecule has 0 amide bonds. The molecule has 128 valence electrons. The molecule has 2 nitrogen and oxygen atoms in total. The zero-order valence-corrected chi connectivity index (χ0v) is 14.0. The van der Waals surface area contributed by atoms with Crippen LogP contribution >= 0.6 is 0 Å². The Balaban J connectivity index is 1.65. The fourth-order valence-corrected chi connectivity index (χ4v) is 2.68. The average Bonchev–Trinajstić information content (AvgIpc) is 2.62. The molecule has 0 fully saturated rings. The molecule has 0 unspecified atom stereocenters. The molecule has 3 aromatic rings. The molecule has 3 rings (SSSR count). The lowest BCUT2D eigenvalue weighted by molar-refractivity contribution is 0.340. The van der Waals surface area contributed by atoms with Crippen molar-refractivity contribution in [1.82, 2.24) is 4.98 Å². The minimum absolute atomic E-state index is 0.428. The van der Waals surface area contributed by atoms with Crippen molar-refractivity contribution < 1.29 is 13.5 Å². The summed E-state index contributed by atoms with van der Waals surface area (Å²) < 4.78 is 31.8. The van der Waals surface area contributed by atoms with Crippen molar-refractivity contribution in [1.29, 1.82) is 0 Å². The number of rotatable bonds is 6. The number of nitrogens with zero attached hydrogens (tertiary/aromatic N) is 1. The van der Waals surface area contributed by atoms with Crippen molar-refractivity contribution in [3.05, 3.63) is 83.7 Å². The molecule has 0 aliphatic carbocycles. The molecule has 1 heterocycles. The van der Waals surface area contributed by atoms with E-state index in [0.717, 1.165) is 22.4 Å². The number of pyridine rings is 1. The molecule has 4 heteroatoms. The van der Waals surface area contributed by atoms with Crippen LogP contribution in [0.1, 0.15) is 18.1 Å². The quantitative estimate of drug-likeness (QED) is 0.575. The van der Waals surface area contributed by atoms with Crippen molar-refractivity contribution in [3.8, 4) is 16.9 Å². The number of hydrogen-bond acceptors (Lipinski definition) is 2. The monoisotopic (exact) mass is 339 g/mol. The first-order valence-corrected chi connectivity index (χ1v) is 8.29. The summed E-state index contributed by atoms with van der Waals surface area (Å²) in [6.07, 6.45) is 1.16. The van der Waals surface area contributed by atoms with E-state index in [-0.39, 0.29) is 0 Å². The van der Waals surface area contributed by atoms with E-state index in [4.69, 9.17) is 4.74 Å². The Bertz CT molecular complexity index is 830. The number of halogens is 2. The second kappa shape index (κ2) is 7.88. The van der Waals surface area contributed by atoms with Crippen LogP contribution < -0.4 is 4.74 Å². The molecule has 0 atom stereocenters. The first kappa shape index (κ1) is 17.1. The highest BCUT2D eigenvalue weighted by atomic mass is 19.1. The zero-order chi connectivity index (χ0) is 17.6. The van der Waals surface area contributed by atoms with E-state index in [2.05, 4.69) is 4.98 Å². The van der Waals surface area contributed by atoms with Gasteiger partial charge in [0.15, 0.2) is 0 Å². The van der Waals surface area contributed by atoms with Gasteiger partial charge in [0.2, 0.25) is 11.9 Å². The van der Waals surface area contributed by atoms with Gasteiger partial charge in [0.25, 0.3) is 0 Å². The lowest BCUT2D eigenvalue weighted by atomic mass is 10.0. The summed E-state index contributed by atoms with van der Waals surface area (Å²) in [4.78, 5) is 3.22. The third-order valence-electron chi connectivity index (χ3n) is 4.03. The van der Waals surface area contributed by atoms with E-state index in [1.165, 1.54) is 12.1 Å². The molecule has 0 radical (unpaired) electrons. The maximum absolute atomic E-state index is 13.6. The Labute approximate surface area is 146 Å². The van der Waals surface area contributed by atoms with E-state index in [9.17, 15) is 8.78 Å². The molecular weight excluding hydrogens is 320 g/mol. The first-order valence-electron chi connectivity index (χ1n) is 8.29. The van der Waals surface area contributed by atoms with Gasteiger partial charge in [-0.05, 0) is 60.7 Å². The lowest BCUT2D eigenvalue weighted by Crippen LogP contribution is -1.99. The molecule has 0 bridgehead atoms. The van der Waals surface area contributed by atoms with Crippen LogP contribution in [0.4, 0.5) is 8.78 Å². The van der Waals surface area contributed by atoms with Crippen molar-refractivity contribution in [2.45, 2.75) is 19.8 Å². The summed E-state index contributed by atoms with van der Waals surface area (Å²) in [5.74, 6) is -0.662. The number of ether oxygens (including phenoxy) is 1. The van der Waals surface area contributed by atoms with Gasteiger partial charge in [-0.15, -0.1) is 0 Å². The third kappa shape index (κ3) is 4.41. The predicted octanol–water partition coefficient (Wildman–Crippen LogP) is 5.21. The lowest BCUT2D eigenvalue weighted by Gasteiger charge is -2.07. The van der Waals surface area contributed by atoms with Crippen LogP contribution in [0, 0.1) is 11.9 Å². The molecule has 25 heavy (non-hydrogen) atoms. The normalized spacial score (nSPS) is 10.7. The van der Waals surface area contributed by atoms with E-state index in [1.807, 2.05) is 55.5 Å². The van der Waals surface area contributed by atoms with Gasteiger partial charge in [-0.2, -0.15) is 13.8 Å². The maximum Gasteiger partial charge on any atom is 0.218 e. The van der Waals surface area contributed by atoms with Gasteiger partial charge in [0.05, 0.1) is 6.61 Å². The molecule has 0 aliphatic rings. The van der Waals surface area contributed by atoms with Crippen LogP contribution in [0.3, 0.4) is 0 Å². The Kier molecular flexibility index (Phi) is 5.39. The Morgan fingerprint density at radius 3 is 2.04 bits per heavy atom. The summed E-state index contributed by atoms with van der Waals surface area (Å²) in [6, 6.07) is 18.8. The van der Waals surface area contributed by atoms with Crippen LogP contribution in [0.15, 0.2) is 60.7 Å². The predicted molar refractivity (Wildman–Crippen MR) is 94.6 cm³/mol. The summed E-state index contributed by atoms with van der Waals surface area (Å²) in [6.45, 7) is 2.61. The average molecular weight is 339 g/mol. The van der Waals surface area contributed by atoms with Gasteiger partial charge in [-0.1, -0.05) is 36.4 Å². The number of benzene rings is 2. The zero-order valence-electron chi connectivity index (χ0n) is 14.0. The molecule has 0 spiro atoms. The number of aryl methyl sites for hydroxylation is 2. The summed E-state index contributed by atoms with van der Waals surface area (Å²) in [7, 11) is 0. The van der Waals surface area contributed by atoms with E-state index in [0.29, 0.717) is 25.0 Å². The molecule has 0 saturated carbocycles. The van der Waals surface area contributed by atoms with Crippen LogP contribution in [0.5, 0.6) is 5.75 Å². The van der Waals surface area contributed by atoms with Crippen LogP contribution in [-0.2, 0) is 12.8 Å². The SMILES string of the molecule is CCOc1ccc(-c2ccc(CCc3ccc(F)nc3F)cc2)cc1. The number of hydrogen-bond donors (Lipinski definition) is 0. The third-order valence-corrected chi connectivity index (χ3v) is 4.03. The largest absolute Gasteiger partial charge is 0.494 e. The summed E-state index contributed by atoms with van der Waals surface area (Å²) >= 11 is 0. The van der Waals surface area contributed by atoms with E-state index < -0.39 is 11.9 Å². The first-order chi connectivity index (χ1) is 12.2. The Hall–Kier alpha value is -2.75. The van der Waals surface area contributed by atoms with Crippen molar-refractivity contribution >= 4 is 0 Å². The van der Waals surface area contributed by atoms with Crippen molar-refractivity contribution in [2.75, 3.05) is 6.61 Å². The highest BCUT2D eigenvalue weighted by molar-refractivity contribution is 5.64. The second-order valence-corrected chi connectivity index (χ2v) is 5.74. The minimum atomic E-state index is -0.791. The van der Waals surface area contributed by atoms with E-state index >= 15 is 0 Å². The molecule has 0 saturated heterocycles. The fraction of sp³-hybridized carbons (Fsp3) is 0.190. The molecular formula is C21H19F2NO. The van der Waals surface area contributed by atoms with Gasteiger partial charge in [-0.3, -0.25) is 0 Å². The summed E-state index contributed by atoms with van der Waals surface area (Å²) in [5.41, 5.74) is 3.75. The van der Waals surface area contributed by atoms with Crippen LogP contribution in [0.2, 0.25) is 0 Å². The second-order valence-electron chi connectivity index (χ2n) is 5.74. The molecule has 1 aromatic heterocycles. The Morgan fingerprint density at radius 1 is 0.800 bits per heavy atom. The van der Waals surface area contributed by atoms with Gasteiger partial charge < -0.3 is 4.74 Å². The van der Waals surface area contributed by atoms with Gasteiger partial charge in [0.1, 0.15) is 5.75 Å². The summed E-state index contributed by atoms with van der Waals surface area (Å²) in [5, 5.41) is 0. The fourth-order valence-electron chi connectivity index (χ4n) is 2.68. The number of aromatic nitrogens is 1. The van der Waals surface area contributed by atoms with E-state index in [1.54, 1.807) is 0 Å². The smallest absolute Gasteiger partial charge is 0.218 e. The standard InChI is InChI=1S/C21H19F2NO/c1-2-25-19-12-9-17(10-13-19)16-6-3-15(4-7-16)5-8-18-11-14-20(22)24-21(18)23/h3-4,6-7,9-14H,2,5,8H2,1H3. The molecule has 0 aliphatic heterocycles. The van der Waals surface area contributed by atoms with Crippen LogP contribution in [-0.4, -0.2) is 11.6 Å². The van der Waals surface area contributed by atoms with Crippen molar-refractivity contribution in [2.24, 2.45) is 0 Å². The van der Waals surface area contributed by atoms with Crippen LogP contribution in [0.25, 0.3) is 11.1 Å². The topological polar surface area (TPSA) is 22.1 Å². The van der Waals surface area contributed by atoms with Gasteiger partial charge in [-0.25, -0.2) is 0 Å². The molecule has 0 N–H and O–H groups in total. The minimum Gasteiger partial charge on any atom is -0.494 e. The highest BCUT2D eigenvalue weighted by Gasteiger charge is 2.06. The van der Waals surface area contributed by atoms with Crippen molar-refractivity contribution in [3.63, 3.8) is 0 Å².